The molecule has 2 bridgehead atoms. The predicted octanol–water partition coefficient (Wildman–Crippen LogP) is 3.49. The van der Waals surface area contributed by atoms with Crippen LogP contribution in [0.4, 0.5) is 0 Å². The van der Waals surface area contributed by atoms with E-state index < -0.39 is 0 Å². The van der Waals surface area contributed by atoms with E-state index >= 15 is 0 Å². The number of hydrogen-bond acceptors (Lipinski definition) is 3. The van der Waals surface area contributed by atoms with Crippen molar-refractivity contribution >= 4 is 0 Å². The predicted molar refractivity (Wildman–Crippen MR) is 94.3 cm³/mol. The van der Waals surface area contributed by atoms with Crippen LogP contribution in [0.15, 0.2) is 18.2 Å². The Morgan fingerprint density at radius 3 is 2.92 bits per heavy atom. The molecule has 0 amide bonds. The van der Waals surface area contributed by atoms with E-state index in [0.29, 0.717) is 17.7 Å². The maximum absolute atomic E-state index is 10.1. The number of ether oxygens (including phenoxy) is 1. The lowest BCUT2D eigenvalue weighted by molar-refractivity contribution is -0.156. The molecule has 0 aromatic heterocycles. The summed E-state index contributed by atoms with van der Waals surface area (Å²) in [6.45, 7) is 7.80. The lowest BCUT2D eigenvalue weighted by Crippen LogP contribution is -2.65. The quantitative estimate of drug-likeness (QED) is 0.902. The van der Waals surface area contributed by atoms with Crippen molar-refractivity contribution in [1.82, 2.24) is 4.90 Å². The molecule has 130 valence electrons. The van der Waals surface area contributed by atoms with Crippen molar-refractivity contribution < 1.29 is 9.84 Å². The van der Waals surface area contributed by atoms with E-state index in [1.54, 1.807) is 0 Å². The van der Waals surface area contributed by atoms with Crippen LogP contribution in [-0.2, 0) is 16.6 Å². The number of phenolic OH excluding ortho intramolecular Hbond substituents is 1. The molecule has 2 aliphatic heterocycles. The average Bonchev–Trinajstić information content (AvgIpc) is 3.34. The van der Waals surface area contributed by atoms with Gasteiger partial charge in [0.15, 0.2) is 0 Å². The van der Waals surface area contributed by atoms with E-state index in [2.05, 4.69) is 24.8 Å². The van der Waals surface area contributed by atoms with Crippen molar-refractivity contribution in [2.45, 2.75) is 63.0 Å². The summed E-state index contributed by atoms with van der Waals surface area (Å²) in [5.41, 5.74) is 2.92. The lowest BCUT2D eigenvalue weighted by Gasteiger charge is -2.61. The number of likely N-dealkylation sites (tertiary alicyclic amines) is 1. The highest BCUT2D eigenvalue weighted by atomic mass is 16.5. The molecule has 5 rings (SSSR count). The minimum absolute atomic E-state index is 0.0245. The molecule has 1 N–H and O–H groups in total. The van der Waals surface area contributed by atoms with Crippen LogP contribution in [0.1, 0.15) is 50.7 Å². The van der Waals surface area contributed by atoms with Crippen LogP contribution in [-0.4, -0.2) is 41.3 Å². The molecular weight excluding hydrogens is 298 g/mol. The van der Waals surface area contributed by atoms with Gasteiger partial charge in [-0.2, -0.15) is 0 Å². The van der Waals surface area contributed by atoms with E-state index in [9.17, 15) is 5.11 Å². The average molecular weight is 327 g/mol. The number of nitrogens with zero attached hydrogens (tertiary/aromatic N) is 1. The summed E-state index contributed by atoms with van der Waals surface area (Å²) in [4.78, 5) is 2.80. The van der Waals surface area contributed by atoms with E-state index in [4.69, 9.17) is 4.74 Å². The summed E-state index contributed by atoms with van der Waals surface area (Å²) < 4.78 is 6.34. The van der Waals surface area contributed by atoms with Gasteiger partial charge in [0.25, 0.3) is 0 Å². The maximum atomic E-state index is 10.1. The molecule has 0 radical (unpaired) electrons. The van der Waals surface area contributed by atoms with E-state index in [-0.39, 0.29) is 11.0 Å². The van der Waals surface area contributed by atoms with Gasteiger partial charge in [-0.3, -0.25) is 4.90 Å². The molecule has 24 heavy (non-hydrogen) atoms. The first-order valence-electron chi connectivity index (χ1n) is 9.67. The fourth-order valence-electron chi connectivity index (χ4n) is 5.71. The van der Waals surface area contributed by atoms with Crippen LogP contribution in [0.5, 0.6) is 5.75 Å². The molecule has 1 aromatic carbocycles. The van der Waals surface area contributed by atoms with Crippen molar-refractivity contribution in [3.8, 4) is 5.75 Å². The van der Waals surface area contributed by atoms with Gasteiger partial charge in [-0.15, -0.1) is 0 Å². The molecule has 2 heterocycles. The second kappa shape index (κ2) is 4.98. The lowest BCUT2D eigenvalue weighted by atomic mass is 9.54. The van der Waals surface area contributed by atoms with Gasteiger partial charge < -0.3 is 9.84 Å². The van der Waals surface area contributed by atoms with Crippen LogP contribution in [0.25, 0.3) is 0 Å². The Labute approximate surface area is 145 Å². The second-order valence-electron chi connectivity index (χ2n) is 9.32. The fraction of sp³-hybridized carbons (Fsp3) is 0.714. The number of phenols is 1. The first kappa shape index (κ1) is 15.2. The number of benzene rings is 1. The smallest absolute Gasteiger partial charge is 0.115 e. The van der Waals surface area contributed by atoms with Gasteiger partial charge in [0.1, 0.15) is 5.75 Å². The first-order chi connectivity index (χ1) is 11.5. The number of rotatable bonds is 2. The zero-order valence-electron chi connectivity index (χ0n) is 14.9. The highest BCUT2D eigenvalue weighted by Crippen LogP contribution is 2.55. The minimum atomic E-state index is -0.0245. The Kier molecular flexibility index (Phi) is 3.16. The third-order valence-electron chi connectivity index (χ3n) is 7.17. The monoisotopic (exact) mass is 327 g/mol. The molecule has 3 heteroatoms. The molecule has 2 aliphatic carbocycles. The maximum Gasteiger partial charge on any atom is 0.115 e. The normalized spacial score (nSPS) is 37.6. The summed E-state index contributed by atoms with van der Waals surface area (Å²) in [6, 6.07) is 6.72. The molecule has 3 nitrogen and oxygen atoms in total. The fourth-order valence-corrected chi connectivity index (χ4v) is 5.71. The first-order valence-corrected chi connectivity index (χ1v) is 9.67. The van der Waals surface area contributed by atoms with E-state index in [0.717, 1.165) is 25.4 Å². The Morgan fingerprint density at radius 2 is 2.12 bits per heavy atom. The van der Waals surface area contributed by atoms with Gasteiger partial charge in [-0.25, -0.2) is 0 Å². The Balaban J connectivity index is 1.59. The molecule has 3 fully saturated rings. The zero-order valence-corrected chi connectivity index (χ0v) is 14.9. The zero-order chi connectivity index (χ0) is 16.5. The van der Waals surface area contributed by atoms with Crippen molar-refractivity contribution in [1.29, 1.82) is 0 Å². The SMILES string of the molecule is CC1(C)C[C@H]2[C@H]3Cc4ccc(O)cc4[C@@]2(CCN3CC2CC2)CO1. The minimum Gasteiger partial charge on any atom is -0.508 e. The van der Waals surface area contributed by atoms with Crippen molar-refractivity contribution in [2.24, 2.45) is 11.8 Å². The van der Waals surface area contributed by atoms with Crippen LogP contribution in [0, 0.1) is 11.8 Å². The van der Waals surface area contributed by atoms with Gasteiger partial charge in [0.2, 0.25) is 0 Å². The standard InChI is InChI=1S/C21H29NO2/c1-20(2)11-18-19-9-15-5-6-16(23)10-17(15)21(18,13-24-20)7-8-22(19)12-14-3-4-14/h5-6,10,14,18-19,23H,3-4,7-9,11-13H2,1-2H3/t18-,19+,21+/m0/s1. The van der Waals surface area contributed by atoms with Crippen molar-refractivity contribution in [3.05, 3.63) is 29.3 Å². The third kappa shape index (κ3) is 2.24. The van der Waals surface area contributed by atoms with Gasteiger partial charge >= 0.3 is 0 Å². The summed E-state index contributed by atoms with van der Waals surface area (Å²) in [5, 5.41) is 10.1. The molecule has 1 saturated carbocycles. The number of fused-ring (bicyclic) bond motifs is 1. The highest BCUT2D eigenvalue weighted by Gasteiger charge is 2.57. The summed E-state index contributed by atoms with van der Waals surface area (Å²) in [6.07, 6.45) is 6.31. The van der Waals surface area contributed by atoms with E-state index in [1.807, 2.05) is 12.1 Å². The Hall–Kier alpha value is -1.06. The molecule has 0 unspecified atom stereocenters. The van der Waals surface area contributed by atoms with Gasteiger partial charge in [-0.1, -0.05) is 6.07 Å². The van der Waals surface area contributed by atoms with Gasteiger partial charge in [0.05, 0.1) is 12.2 Å². The highest BCUT2D eigenvalue weighted by molar-refractivity contribution is 5.45. The van der Waals surface area contributed by atoms with Crippen LogP contribution in [0.2, 0.25) is 0 Å². The Morgan fingerprint density at radius 1 is 1.29 bits per heavy atom. The topological polar surface area (TPSA) is 32.7 Å². The third-order valence-corrected chi connectivity index (χ3v) is 7.17. The second-order valence-corrected chi connectivity index (χ2v) is 9.32. The number of aromatic hydroxyl groups is 1. The summed E-state index contributed by atoms with van der Waals surface area (Å²) >= 11 is 0. The van der Waals surface area contributed by atoms with Crippen LogP contribution >= 0.6 is 0 Å². The number of piperidine rings is 1. The molecular formula is C21H29NO2. The van der Waals surface area contributed by atoms with Crippen molar-refractivity contribution in [2.75, 3.05) is 19.7 Å². The molecule has 0 spiro atoms. The molecule has 1 aromatic rings. The van der Waals surface area contributed by atoms with Crippen molar-refractivity contribution in [3.63, 3.8) is 0 Å². The summed E-state index contributed by atoms with van der Waals surface area (Å²) in [7, 11) is 0. The van der Waals surface area contributed by atoms with E-state index in [1.165, 1.54) is 43.5 Å². The van der Waals surface area contributed by atoms with Gasteiger partial charge in [0, 0.05) is 18.0 Å². The van der Waals surface area contributed by atoms with Crippen LogP contribution in [0.3, 0.4) is 0 Å². The largest absolute Gasteiger partial charge is 0.508 e. The molecule has 2 saturated heterocycles. The number of hydrogen-bond donors (Lipinski definition) is 1. The van der Waals surface area contributed by atoms with Gasteiger partial charge in [-0.05, 0) is 87.6 Å². The summed E-state index contributed by atoms with van der Waals surface area (Å²) in [5.74, 6) is 2.01. The Bertz CT molecular complexity index is 666. The van der Waals surface area contributed by atoms with Crippen LogP contribution < -0.4 is 0 Å². The molecule has 3 atom stereocenters. The molecule has 4 aliphatic rings.